The van der Waals surface area contributed by atoms with Gasteiger partial charge in [-0.1, -0.05) is 17.9 Å². The van der Waals surface area contributed by atoms with E-state index in [1.807, 2.05) is 54.9 Å². The molecule has 2 rings (SSSR count). The van der Waals surface area contributed by atoms with Crippen LogP contribution < -0.4 is 11.1 Å². The molecule has 1 heterocycles. The zero-order valence-corrected chi connectivity index (χ0v) is 12.3. The van der Waals surface area contributed by atoms with Crippen molar-refractivity contribution in [1.82, 2.24) is 4.57 Å². The van der Waals surface area contributed by atoms with E-state index in [9.17, 15) is 4.79 Å². The summed E-state index contributed by atoms with van der Waals surface area (Å²) in [5.41, 5.74) is 8.63. The molecule has 1 aromatic heterocycles. The van der Waals surface area contributed by atoms with Gasteiger partial charge in [-0.3, -0.25) is 4.79 Å². The lowest BCUT2D eigenvalue weighted by Crippen LogP contribution is -2.17. The fourth-order valence-corrected chi connectivity index (χ4v) is 2.07. The van der Waals surface area contributed by atoms with Crippen LogP contribution in [0.5, 0.6) is 0 Å². The third kappa shape index (κ3) is 3.53. The summed E-state index contributed by atoms with van der Waals surface area (Å²) in [6, 6.07) is 9.41. The van der Waals surface area contributed by atoms with Crippen molar-refractivity contribution in [3.8, 4) is 11.8 Å². The molecule has 21 heavy (non-hydrogen) atoms. The van der Waals surface area contributed by atoms with E-state index in [4.69, 9.17) is 5.73 Å². The highest BCUT2D eigenvalue weighted by Gasteiger charge is 2.11. The highest BCUT2D eigenvalue weighted by atomic mass is 16.1. The topological polar surface area (TPSA) is 60.0 Å². The minimum absolute atomic E-state index is 0.117. The predicted molar refractivity (Wildman–Crippen MR) is 85.2 cm³/mol. The summed E-state index contributed by atoms with van der Waals surface area (Å²) >= 11 is 0. The van der Waals surface area contributed by atoms with Crippen LogP contribution in [0, 0.1) is 18.8 Å². The second-order valence-electron chi connectivity index (χ2n) is 4.67. The van der Waals surface area contributed by atoms with Crippen molar-refractivity contribution in [2.24, 2.45) is 5.73 Å². The average Bonchev–Trinajstić information content (AvgIpc) is 2.96. The van der Waals surface area contributed by atoms with Gasteiger partial charge in [0.05, 0.1) is 6.54 Å². The first-order valence-corrected chi connectivity index (χ1v) is 6.91. The third-order valence-electron chi connectivity index (χ3n) is 3.22. The Morgan fingerprint density at radius 1 is 1.38 bits per heavy atom. The second kappa shape index (κ2) is 6.78. The van der Waals surface area contributed by atoms with Crippen molar-refractivity contribution in [1.29, 1.82) is 0 Å². The molecule has 0 saturated carbocycles. The van der Waals surface area contributed by atoms with Gasteiger partial charge in [-0.25, -0.2) is 0 Å². The van der Waals surface area contributed by atoms with E-state index >= 15 is 0 Å². The number of amides is 1. The molecule has 0 unspecified atom stereocenters. The Morgan fingerprint density at radius 3 is 2.90 bits per heavy atom. The molecule has 0 bridgehead atoms. The Labute approximate surface area is 125 Å². The summed E-state index contributed by atoms with van der Waals surface area (Å²) < 4.78 is 1.91. The van der Waals surface area contributed by atoms with Gasteiger partial charge in [0.1, 0.15) is 5.69 Å². The SMILES string of the molecule is CCn1cccc1C(=O)Nc1cc(C#CCN)ccc1C. The fraction of sp³-hybridized carbons (Fsp3) is 0.235. The van der Waals surface area contributed by atoms with E-state index < -0.39 is 0 Å². The average molecular weight is 281 g/mol. The van der Waals surface area contributed by atoms with Crippen LogP contribution in [0.4, 0.5) is 5.69 Å². The van der Waals surface area contributed by atoms with Crippen LogP contribution in [0.3, 0.4) is 0 Å². The van der Waals surface area contributed by atoms with Gasteiger partial charge in [-0.05, 0) is 43.7 Å². The highest BCUT2D eigenvalue weighted by molar-refractivity contribution is 6.03. The molecule has 0 spiro atoms. The van der Waals surface area contributed by atoms with Gasteiger partial charge in [0.15, 0.2) is 0 Å². The molecule has 1 aromatic carbocycles. The molecule has 4 nitrogen and oxygen atoms in total. The third-order valence-corrected chi connectivity index (χ3v) is 3.22. The number of benzene rings is 1. The van der Waals surface area contributed by atoms with Gasteiger partial charge < -0.3 is 15.6 Å². The summed E-state index contributed by atoms with van der Waals surface area (Å²) in [4.78, 5) is 12.3. The van der Waals surface area contributed by atoms with Crippen LogP contribution in [0.2, 0.25) is 0 Å². The van der Waals surface area contributed by atoms with Crippen LogP contribution >= 0.6 is 0 Å². The number of carbonyl (C=O) groups is 1. The summed E-state index contributed by atoms with van der Waals surface area (Å²) in [5.74, 6) is 5.67. The molecule has 0 aliphatic rings. The molecule has 2 aromatic rings. The highest BCUT2D eigenvalue weighted by Crippen LogP contribution is 2.17. The zero-order chi connectivity index (χ0) is 15.2. The zero-order valence-electron chi connectivity index (χ0n) is 12.3. The quantitative estimate of drug-likeness (QED) is 0.849. The van der Waals surface area contributed by atoms with Gasteiger partial charge in [0.2, 0.25) is 0 Å². The molecule has 108 valence electrons. The number of nitrogens with one attached hydrogen (secondary N) is 1. The second-order valence-corrected chi connectivity index (χ2v) is 4.67. The monoisotopic (exact) mass is 281 g/mol. The molecule has 4 heteroatoms. The Kier molecular flexibility index (Phi) is 4.81. The van der Waals surface area contributed by atoms with Crippen molar-refractivity contribution in [3.05, 3.63) is 53.3 Å². The lowest BCUT2D eigenvalue weighted by molar-refractivity contribution is 0.101. The standard InChI is InChI=1S/C17H19N3O/c1-3-20-11-5-7-16(20)17(21)19-15-12-14(6-4-10-18)9-8-13(15)2/h5,7-9,11-12H,3,10,18H2,1-2H3,(H,19,21). The van der Waals surface area contributed by atoms with Crippen LogP contribution in [0.15, 0.2) is 36.5 Å². The maximum atomic E-state index is 12.3. The molecule has 3 N–H and O–H groups in total. The smallest absolute Gasteiger partial charge is 0.272 e. The number of hydrogen-bond donors (Lipinski definition) is 2. The molecule has 0 aliphatic carbocycles. The number of aromatic nitrogens is 1. The largest absolute Gasteiger partial charge is 0.344 e. The number of hydrogen-bond acceptors (Lipinski definition) is 2. The van der Waals surface area contributed by atoms with Gasteiger partial charge >= 0.3 is 0 Å². The van der Waals surface area contributed by atoms with E-state index in [0.717, 1.165) is 23.4 Å². The summed E-state index contributed by atoms with van der Waals surface area (Å²) in [6.07, 6.45) is 1.89. The first kappa shape index (κ1) is 14.9. The Balaban J connectivity index is 2.24. The van der Waals surface area contributed by atoms with Crippen molar-refractivity contribution in [2.45, 2.75) is 20.4 Å². The van der Waals surface area contributed by atoms with Crippen LogP contribution in [0.1, 0.15) is 28.5 Å². The molecule has 0 atom stereocenters. The van der Waals surface area contributed by atoms with Gasteiger partial charge in [-0.15, -0.1) is 0 Å². The molecular formula is C17H19N3O. The van der Waals surface area contributed by atoms with Crippen LogP contribution in [0.25, 0.3) is 0 Å². The summed E-state index contributed by atoms with van der Waals surface area (Å²) in [5, 5.41) is 2.95. The Hall–Kier alpha value is -2.51. The molecule has 0 aliphatic heterocycles. The van der Waals surface area contributed by atoms with Gasteiger partial charge in [0, 0.05) is 24.0 Å². The number of aryl methyl sites for hydroxylation is 2. The number of rotatable bonds is 3. The van der Waals surface area contributed by atoms with Crippen molar-refractivity contribution in [3.63, 3.8) is 0 Å². The van der Waals surface area contributed by atoms with Gasteiger partial charge in [0.25, 0.3) is 5.91 Å². The first-order valence-electron chi connectivity index (χ1n) is 6.91. The summed E-state index contributed by atoms with van der Waals surface area (Å²) in [7, 11) is 0. The van der Waals surface area contributed by atoms with Crippen LogP contribution in [-0.2, 0) is 6.54 Å². The van der Waals surface area contributed by atoms with Crippen LogP contribution in [-0.4, -0.2) is 17.0 Å². The molecule has 1 amide bonds. The maximum Gasteiger partial charge on any atom is 0.272 e. The molecule has 0 radical (unpaired) electrons. The minimum atomic E-state index is -0.117. The lowest BCUT2D eigenvalue weighted by Gasteiger charge is -2.10. The first-order chi connectivity index (χ1) is 10.2. The van der Waals surface area contributed by atoms with Crippen molar-refractivity contribution < 1.29 is 4.79 Å². The van der Waals surface area contributed by atoms with Crippen molar-refractivity contribution in [2.75, 3.05) is 11.9 Å². The number of nitrogens with two attached hydrogens (primary N) is 1. The molecule has 0 saturated heterocycles. The fourth-order valence-electron chi connectivity index (χ4n) is 2.07. The van der Waals surface area contributed by atoms with E-state index in [1.54, 1.807) is 0 Å². The number of nitrogens with zero attached hydrogens (tertiary/aromatic N) is 1. The lowest BCUT2D eigenvalue weighted by atomic mass is 10.1. The number of anilines is 1. The van der Waals surface area contributed by atoms with E-state index in [-0.39, 0.29) is 5.91 Å². The predicted octanol–water partition coefficient (Wildman–Crippen LogP) is 2.38. The van der Waals surface area contributed by atoms with E-state index in [0.29, 0.717) is 12.2 Å². The maximum absolute atomic E-state index is 12.3. The van der Waals surface area contributed by atoms with Gasteiger partial charge in [-0.2, -0.15) is 0 Å². The Bertz CT molecular complexity index is 704. The molecule has 0 fully saturated rings. The van der Waals surface area contributed by atoms with E-state index in [1.165, 1.54) is 0 Å². The molecular weight excluding hydrogens is 262 g/mol. The van der Waals surface area contributed by atoms with Crippen molar-refractivity contribution >= 4 is 11.6 Å². The minimum Gasteiger partial charge on any atom is -0.344 e. The number of carbonyl (C=O) groups excluding carboxylic acids is 1. The summed E-state index contributed by atoms with van der Waals surface area (Å²) in [6.45, 7) is 5.04. The normalized spacial score (nSPS) is 9.86. The Morgan fingerprint density at radius 2 is 2.19 bits per heavy atom. The van der Waals surface area contributed by atoms with E-state index in [2.05, 4.69) is 17.2 Å².